The maximum absolute atomic E-state index is 13.5. The fraction of sp³-hybridized carbons (Fsp3) is 0.125. The number of fused-ring (bicyclic) bond motifs is 1. The molecule has 170 valence electrons. The predicted octanol–water partition coefficient (Wildman–Crippen LogP) is 4.72. The number of benzene rings is 3. The summed E-state index contributed by atoms with van der Waals surface area (Å²) in [6.45, 7) is -0.231. The molecule has 0 aliphatic heterocycles. The number of sulfonamides is 1. The molecule has 0 bridgehead atoms. The first-order valence-electron chi connectivity index (χ1n) is 9.96. The molecule has 0 spiro atoms. The second kappa shape index (κ2) is 9.35. The van der Waals surface area contributed by atoms with E-state index in [0.717, 1.165) is 5.39 Å². The van der Waals surface area contributed by atoms with Crippen LogP contribution in [0.5, 0.6) is 5.75 Å². The van der Waals surface area contributed by atoms with Gasteiger partial charge >= 0.3 is 0 Å². The Hall–Kier alpha value is -3.20. The molecular weight excluding hydrogens is 467 g/mol. The highest BCUT2D eigenvalue weighted by Gasteiger charge is 2.26. The molecule has 0 fully saturated rings. The fourth-order valence-corrected chi connectivity index (χ4v) is 4.97. The van der Waals surface area contributed by atoms with Crippen LogP contribution < -0.4 is 10.3 Å². The summed E-state index contributed by atoms with van der Waals surface area (Å²) in [6, 6.07) is 18.2. The zero-order valence-corrected chi connectivity index (χ0v) is 19.2. The first-order chi connectivity index (χ1) is 15.8. The van der Waals surface area contributed by atoms with Crippen molar-refractivity contribution in [2.45, 2.75) is 18.0 Å². The molecule has 0 saturated carbocycles. The lowest BCUT2D eigenvalue weighted by molar-refractivity contribution is 0.399. The Labute approximate surface area is 195 Å². The van der Waals surface area contributed by atoms with Crippen LogP contribution in [0.1, 0.15) is 11.1 Å². The van der Waals surface area contributed by atoms with E-state index in [-0.39, 0.29) is 23.5 Å². The highest BCUT2D eigenvalue weighted by atomic mass is 35.5. The van der Waals surface area contributed by atoms with Gasteiger partial charge in [0.2, 0.25) is 10.0 Å². The second-order valence-corrected chi connectivity index (χ2v) is 9.80. The van der Waals surface area contributed by atoms with E-state index in [1.54, 1.807) is 24.3 Å². The summed E-state index contributed by atoms with van der Waals surface area (Å²) >= 11 is 5.92. The lowest BCUT2D eigenvalue weighted by Crippen LogP contribution is -2.32. The van der Waals surface area contributed by atoms with Crippen molar-refractivity contribution in [1.29, 1.82) is 0 Å². The molecule has 4 rings (SSSR count). The topological polar surface area (TPSA) is 79.5 Å². The van der Waals surface area contributed by atoms with Crippen LogP contribution in [0.25, 0.3) is 10.9 Å². The molecule has 0 amide bonds. The van der Waals surface area contributed by atoms with Gasteiger partial charge in [-0.25, -0.2) is 12.8 Å². The van der Waals surface area contributed by atoms with Crippen molar-refractivity contribution >= 4 is 32.5 Å². The third-order valence-corrected chi connectivity index (χ3v) is 7.26. The number of aromatic nitrogens is 1. The highest BCUT2D eigenvalue weighted by Crippen LogP contribution is 2.24. The van der Waals surface area contributed by atoms with E-state index in [0.29, 0.717) is 21.9 Å². The van der Waals surface area contributed by atoms with Gasteiger partial charge in [-0.3, -0.25) is 4.79 Å². The van der Waals surface area contributed by atoms with E-state index >= 15 is 0 Å². The van der Waals surface area contributed by atoms with Crippen molar-refractivity contribution in [3.05, 3.63) is 105 Å². The Morgan fingerprint density at radius 3 is 2.33 bits per heavy atom. The fourth-order valence-electron chi connectivity index (χ4n) is 3.43. The number of methoxy groups -OCH3 is 1. The molecule has 0 atom stereocenters. The van der Waals surface area contributed by atoms with E-state index < -0.39 is 21.4 Å². The van der Waals surface area contributed by atoms with Crippen molar-refractivity contribution in [3.8, 4) is 5.75 Å². The van der Waals surface area contributed by atoms with E-state index in [9.17, 15) is 17.6 Å². The van der Waals surface area contributed by atoms with E-state index in [2.05, 4.69) is 4.98 Å². The van der Waals surface area contributed by atoms with Crippen LogP contribution >= 0.6 is 11.6 Å². The molecule has 1 heterocycles. The van der Waals surface area contributed by atoms with Gasteiger partial charge in [-0.1, -0.05) is 23.7 Å². The number of hydrogen-bond donors (Lipinski definition) is 1. The first kappa shape index (κ1) is 23.0. The summed E-state index contributed by atoms with van der Waals surface area (Å²) in [5.74, 6) is 0.168. The molecule has 1 N–H and O–H groups in total. The molecule has 0 aliphatic rings. The lowest BCUT2D eigenvalue weighted by atomic mass is 10.1. The number of nitrogens with zero attached hydrogens (tertiary/aromatic N) is 1. The molecule has 3 aromatic carbocycles. The van der Waals surface area contributed by atoms with Gasteiger partial charge in [0, 0.05) is 29.7 Å². The van der Waals surface area contributed by atoms with Crippen molar-refractivity contribution in [2.75, 3.05) is 7.11 Å². The molecule has 0 aliphatic carbocycles. The smallest absolute Gasteiger partial charge is 0.252 e. The van der Waals surface area contributed by atoms with E-state index in [1.807, 2.05) is 0 Å². The summed E-state index contributed by atoms with van der Waals surface area (Å²) in [5, 5.41) is 1.14. The number of aromatic amines is 1. The van der Waals surface area contributed by atoms with Gasteiger partial charge in [0.15, 0.2) is 0 Å². The van der Waals surface area contributed by atoms with Crippen LogP contribution in [-0.4, -0.2) is 24.8 Å². The number of hydrogen-bond acceptors (Lipinski definition) is 4. The van der Waals surface area contributed by atoms with Gasteiger partial charge in [0.25, 0.3) is 5.56 Å². The maximum Gasteiger partial charge on any atom is 0.252 e. The zero-order valence-electron chi connectivity index (χ0n) is 17.6. The summed E-state index contributed by atoms with van der Waals surface area (Å²) in [7, 11) is -2.47. The minimum absolute atomic E-state index is 0.0379. The standard InChI is InChI=1S/C24H20ClFN2O4S/c1-32-21-9-4-17-12-18(24(29)27-23(17)13-21)15-28(14-16-2-7-20(26)8-3-16)33(30,31)22-10-5-19(25)6-11-22/h2-13H,14-15H2,1H3,(H,27,29). The molecule has 0 unspecified atom stereocenters. The second-order valence-electron chi connectivity index (χ2n) is 7.43. The largest absolute Gasteiger partial charge is 0.497 e. The lowest BCUT2D eigenvalue weighted by Gasteiger charge is -2.22. The third kappa shape index (κ3) is 5.08. The summed E-state index contributed by atoms with van der Waals surface area (Å²) in [5.41, 5.74) is 1.02. The van der Waals surface area contributed by atoms with Crippen LogP contribution in [0.3, 0.4) is 0 Å². The van der Waals surface area contributed by atoms with Crippen LogP contribution in [0.2, 0.25) is 5.02 Å². The van der Waals surface area contributed by atoms with Gasteiger partial charge < -0.3 is 9.72 Å². The van der Waals surface area contributed by atoms with E-state index in [4.69, 9.17) is 16.3 Å². The Balaban J connectivity index is 1.76. The van der Waals surface area contributed by atoms with Gasteiger partial charge in [-0.15, -0.1) is 0 Å². The molecule has 4 aromatic rings. The Kier molecular flexibility index (Phi) is 6.51. The molecule has 33 heavy (non-hydrogen) atoms. The minimum atomic E-state index is -4.00. The molecule has 6 nitrogen and oxygen atoms in total. The van der Waals surface area contributed by atoms with Gasteiger partial charge in [0.05, 0.1) is 17.5 Å². The van der Waals surface area contributed by atoms with E-state index in [1.165, 1.54) is 59.9 Å². The number of rotatable bonds is 7. The van der Waals surface area contributed by atoms with Crippen molar-refractivity contribution in [1.82, 2.24) is 9.29 Å². The highest BCUT2D eigenvalue weighted by molar-refractivity contribution is 7.89. The van der Waals surface area contributed by atoms with Crippen LogP contribution in [-0.2, 0) is 23.1 Å². The van der Waals surface area contributed by atoms with Crippen LogP contribution in [0.15, 0.2) is 82.5 Å². The van der Waals surface area contributed by atoms with Crippen molar-refractivity contribution in [2.24, 2.45) is 0 Å². The number of nitrogens with one attached hydrogen (secondary N) is 1. The van der Waals surface area contributed by atoms with Crippen molar-refractivity contribution < 1.29 is 17.5 Å². The quantitative estimate of drug-likeness (QED) is 0.410. The average molecular weight is 487 g/mol. The normalized spacial score (nSPS) is 11.8. The van der Waals surface area contributed by atoms with Crippen molar-refractivity contribution in [3.63, 3.8) is 0 Å². The van der Waals surface area contributed by atoms with Gasteiger partial charge in [0.1, 0.15) is 11.6 Å². The average Bonchev–Trinajstić information content (AvgIpc) is 2.80. The minimum Gasteiger partial charge on any atom is -0.497 e. The monoisotopic (exact) mass is 486 g/mol. The maximum atomic E-state index is 13.5. The predicted molar refractivity (Wildman–Crippen MR) is 125 cm³/mol. The van der Waals surface area contributed by atoms with Gasteiger partial charge in [-0.2, -0.15) is 4.31 Å². The third-order valence-electron chi connectivity index (χ3n) is 5.20. The van der Waals surface area contributed by atoms with Crippen LogP contribution in [0.4, 0.5) is 4.39 Å². The Morgan fingerprint density at radius 1 is 0.970 bits per heavy atom. The molecule has 1 aromatic heterocycles. The summed E-state index contributed by atoms with van der Waals surface area (Å²) in [6.07, 6.45) is 0. The Bertz CT molecular complexity index is 1450. The zero-order chi connectivity index (χ0) is 23.6. The number of ether oxygens (including phenoxy) is 1. The molecule has 0 radical (unpaired) electrons. The summed E-state index contributed by atoms with van der Waals surface area (Å²) in [4.78, 5) is 15.6. The SMILES string of the molecule is COc1ccc2cc(CN(Cc3ccc(F)cc3)S(=O)(=O)c3ccc(Cl)cc3)c(=O)[nH]c2c1. The Morgan fingerprint density at radius 2 is 1.67 bits per heavy atom. The molecule has 9 heteroatoms. The number of H-pyrrole nitrogens is 1. The molecular formula is C24H20ClFN2O4S. The first-order valence-corrected chi connectivity index (χ1v) is 11.8. The summed E-state index contributed by atoms with van der Waals surface area (Å²) < 4.78 is 46.7. The number of halogens is 2. The van der Waals surface area contributed by atoms with Gasteiger partial charge in [-0.05, 0) is 65.5 Å². The number of pyridine rings is 1. The van der Waals surface area contributed by atoms with Crippen LogP contribution in [0, 0.1) is 5.82 Å². The molecule has 0 saturated heterocycles.